The molecule has 0 aromatic rings. The van der Waals surface area contributed by atoms with Gasteiger partial charge >= 0.3 is 0 Å². The van der Waals surface area contributed by atoms with Gasteiger partial charge in [0.05, 0.1) is 7.11 Å². The van der Waals surface area contributed by atoms with Crippen LogP contribution in [0.4, 0.5) is 0 Å². The maximum Gasteiger partial charge on any atom is 0.0710 e. The van der Waals surface area contributed by atoms with Crippen molar-refractivity contribution in [2.24, 2.45) is 0 Å². The fourth-order valence-corrected chi connectivity index (χ4v) is 0. The topological polar surface area (TPSA) is 29.5 Å². The van der Waals surface area contributed by atoms with Gasteiger partial charge in [-0.2, -0.15) is 0 Å². The molecule has 0 spiro atoms. The molecule has 0 aliphatic rings. The summed E-state index contributed by atoms with van der Waals surface area (Å²) in [5.74, 6) is 0. The summed E-state index contributed by atoms with van der Waals surface area (Å²) in [5, 5.41) is 7.07. The van der Waals surface area contributed by atoms with E-state index in [-0.39, 0.29) is 26.9 Å². The zero-order chi connectivity index (χ0) is 2.71. The van der Waals surface area contributed by atoms with Crippen LogP contribution in [-0.2, 0) is 24.4 Å². The van der Waals surface area contributed by atoms with Crippen molar-refractivity contribution in [2.75, 3.05) is 7.11 Å². The second-order valence-corrected chi connectivity index (χ2v) is 0.183. The minimum atomic E-state index is 0. The van der Waals surface area contributed by atoms with Crippen LogP contribution in [0.5, 0.6) is 0 Å². The Morgan fingerprint density at radius 1 is 1.60 bits per heavy atom. The fraction of sp³-hybridized carbons (Fsp3) is 0.500. The van der Waals surface area contributed by atoms with Gasteiger partial charge in [0.1, 0.15) is 0 Å². The van der Waals surface area contributed by atoms with Gasteiger partial charge in [-0.15, -0.1) is 0 Å². The van der Waals surface area contributed by atoms with Gasteiger partial charge in [-0.1, -0.05) is 0 Å². The zero-order valence-electron chi connectivity index (χ0n) is 3.56. The van der Waals surface area contributed by atoms with Crippen molar-refractivity contribution in [3.8, 4) is 0 Å². The first-order chi connectivity index (χ1) is 1.41. The average Bonchev–Trinajstić information content (AvgIpc) is 0.918. The van der Waals surface area contributed by atoms with E-state index in [1.807, 2.05) is 0 Å². The summed E-state index contributed by atoms with van der Waals surface area (Å²) in [7, 11) is 1.18. The molecule has 0 aromatic carbocycles. The Hall–Kier alpha value is 0.543. The molecule has 3 heteroatoms. The molecule has 30 valence electrons. The number of hydrogen-bond donors (Lipinski definition) is 1. The smallest absolute Gasteiger partial charge is 0.0710 e. The van der Waals surface area contributed by atoms with Crippen molar-refractivity contribution in [1.29, 1.82) is 0 Å². The van der Waals surface area contributed by atoms with E-state index < -0.39 is 0 Å². The van der Waals surface area contributed by atoms with Crippen molar-refractivity contribution >= 4 is 0 Å². The van der Waals surface area contributed by atoms with Gasteiger partial charge in [-0.05, 0) is 0 Å². The third kappa shape index (κ3) is 99.5. The molecule has 0 bridgehead atoms. The molecule has 0 aromatic heterocycles. The predicted octanol–water partition coefficient (Wildman–Crippen LogP) is 0.554. The summed E-state index contributed by atoms with van der Waals surface area (Å²) in [6.07, 6.45) is 0. The molecular weight excluding hydrogens is 121 g/mol. The second-order valence-electron chi connectivity index (χ2n) is 0.183. The monoisotopic (exact) mass is 127 g/mol. The number of hydrogen-bond acceptors (Lipinski definition) is 2. The maximum atomic E-state index is 7.07. The molecule has 0 heterocycles. The van der Waals surface area contributed by atoms with Gasteiger partial charge in [0, 0.05) is 19.5 Å². The van der Waals surface area contributed by atoms with Crippen molar-refractivity contribution in [1.82, 2.24) is 0 Å². The first-order valence-corrected chi connectivity index (χ1v) is 0.591. The van der Waals surface area contributed by atoms with E-state index in [1.54, 1.807) is 0 Å². The maximum absolute atomic E-state index is 7.07. The molecule has 1 N–H and O–H groups in total. The summed E-state index contributed by atoms with van der Waals surface area (Å²) in [6, 6.07) is 0. The summed E-state index contributed by atoms with van der Waals surface area (Å²) >= 11 is 0. The first kappa shape index (κ1) is 17.7. The molecule has 0 fully saturated rings. The van der Waals surface area contributed by atoms with Crippen molar-refractivity contribution in [3.05, 3.63) is 7.43 Å². The molecule has 0 radical (unpaired) electrons. The summed E-state index contributed by atoms with van der Waals surface area (Å²) in [5.41, 5.74) is 0. The standard InChI is InChI=1S/CH4O2.CH3.Zn/c1-3-2;;/h2H,1H3;1H3;/q;-1;. The van der Waals surface area contributed by atoms with Crippen molar-refractivity contribution in [3.63, 3.8) is 0 Å². The van der Waals surface area contributed by atoms with Gasteiger partial charge in [0.25, 0.3) is 0 Å². The Balaban J connectivity index is -0.0000000200. The van der Waals surface area contributed by atoms with E-state index >= 15 is 0 Å². The Morgan fingerprint density at radius 2 is 1.60 bits per heavy atom. The van der Waals surface area contributed by atoms with Gasteiger partial charge < -0.3 is 7.43 Å². The minimum absolute atomic E-state index is 0. The summed E-state index contributed by atoms with van der Waals surface area (Å²) in [6.45, 7) is 0. The van der Waals surface area contributed by atoms with Crippen LogP contribution < -0.4 is 0 Å². The summed E-state index contributed by atoms with van der Waals surface area (Å²) in [4.78, 5) is 3.25. The quantitative estimate of drug-likeness (QED) is 0.224. The van der Waals surface area contributed by atoms with Crippen LogP contribution in [-0.4, -0.2) is 12.4 Å². The molecule has 5 heavy (non-hydrogen) atoms. The minimum Gasteiger partial charge on any atom is -0.358 e. The molecular formula is C2H7O2Zn-. The van der Waals surface area contributed by atoms with Gasteiger partial charge in [-0.3, -0.25) is 5.26 Å². The second kappa shape index (κ2) is 23.9. The van der Waals surface area contributed by atoms with E-state index in [4.69, 9.17) is 5.26 Å². The molecule has 0 unspecified atom stereocenters. The molecule has 0 aliphatic heterocycles. The Bertz CT molecular complexity index is 7.61. The molecule has 0 amide bonds. The molecule has 0 rings (SSSR count). The van der Waals surface area contributed by atoms with Crippen LogP contribution in [0.1, 0.15) is 0 Å². The van der Waals surface area contributed by atoms with Crippen LogP contribution in [0.3, 0.4) is 0 Å². The zero-order valence-corrected chi connectivity index (χ0v) is 6.53. The molecule has 0 aliphatic carbocycles. The third-order valence-corrected chi connectivity index (χ3v) is 0. The van der Waals surface area contributed by atoms with E-state index in [2.05, 4.69) is 4.89 Å². The predicted molar refractivity (Wildman–Crippen MR) is 16.1 cm³/mol. The fourth-order valence-electron chi connectivity index (χ4n) is 0. The molecule has 2 nitrogen and oxygen atoms in total. The van der Waals surface area contributed by atoms with E-state index in [1.165, 1.54) is 7.11 Å². The van der Waals surface area contributed by atoms with Gasteiger partial charge in [-0.25, -0.2) is 4.89 Å². The van der Waals surface area contributed by atoms with Crippen LogP contribution in [0, 0.1) is 7.43 Å². The number of rotatable bonds is 0. The summed E-state index contributed by atoms with van der Waals surface area (Å²) < 4.78 is 0. The Morgan fingerprint density at radius 3 is 1.60 bits per heavy atom. The third-order valence-electron chi connectivity index (χ3n) is 0. The largest absolute Gasteiger partial charge is 0.358 e. The van der Waals surface area contributed by atoms with E-state index in [0.29, 0.717) is 0 Å². The first-order valence-electron chi connectivity index (χ1n) is 0.591. The van der Waals surface area contributed by atoms with Crippen molar-refractivity contribution in [2.45, 2.75) is 0 Å². The molecule has 0 saturated heterocycles. The molecule has 0 atom stereocenters. The van der Waals surface area contributed by atoms with Crippen LogP contribution in [0.2, 0.25) is 0 Å². The van der Waals surface area contributed by atoms with Gasteiger partial charge in [0.15, 0.2) is 0 Å². The van der Waals surface area contributed by atoms with E-state index in [9.17, 15) is 0 Å². The molecule has 0 saturated carbocycles. The van der Waals surface area contributed by atoms with Crippen LogP contribution in [0.25, 0.3) is 0 Å². The van der Waals surface area contributed by atoms with E-state index in [0.717, 1.165) is 0 Å². The van der Waals surface area contributed by atoms with Crippen molar-refractivity contribution < 1.29 is 29.6 Å². The Labute approximate surface area is 44.8 Å². The Kier molecular flexibility index (Phi) is 84.7. The average molecular weight is 128 g/mol. The van der Waals surface area contributed by atoms with Gasteiger partial charge in [0.2, 0.25) is 0 Å². The normalized spacial score (nSPS) is 3.60. The van der Waals surface area contributed by atoms with Crippen LogP contribution in [0.15, 0.2) is 0 Å². The van der Waals surface area contributed by atoms with Crippen LogP contribution >= 0.6 is 0 Å². The SMILES string of the molecule is COO.[CH3-].[Zn].